The Kier molecular flexibility index (Phi) is 6.57. The fraction of sp³-hybridized carbons (Fsp3) is 0.333. The van der Waals surface area contributed by atoms with Gasteiger partial charge < -0.3 is 19.6 Å². The number of ether oxygens (including phenoxy) is 1. The number of benzene rings is 2. The van der Waals surface area contributed by atoms with E-state index in [-0.39, 0.29) is 11.3 Å². The van der Waals surface area contributed by atoms with Crippen molar-refractivity contribution in [1.29, 1.82) is 0 Å². The predicted molar refractivity (Wildman–Crippen MR) is 115 cm³/mol. The number of carbonyl (C=O) groups excluding carboxylic acids is 2. The zero-order valence-corrected chi connectivity index (χ0v) is 17.9. The van der Waals surface area contributed by atoms with E-state index in [1.807, 2.05) is 37.3 Å². The molecule has 1 saturated heterocycles. The zero-order chi connectivity index (χ0) is 21.8. The summed E-state index contributed by atoms with van der Waals surface area (Å²) in [5.41, 5.74) is 2.26. The molecule has 1 fully saturated rings. The number of aliphatic hydroxyl groups excluding tert-OH is 1. The van der Waals surface area contributed by atoms with Crippen molar-refractivity contribution in [1.82, 2.24) is 4.90 Å². The SMILES string of the molecule is COc1ccc(C(O)=C2C(=O)C(=O)N(CCC[NH+](C)C)[C@@H]2c2ccccc2)cc1C. The molecule has 1 atom stereocenters. The smallest absolute Gasteiger partial charge is 0.295 e. The molecule has 3 rings (SSSR count). The maximum atomic E-state index is 13.0. The Morgan fingerprint density at radius 1 is 1.13 bits per heavy atom. The number of methoxy groups -OCH3 is 1. The third kappa shape index (κ3) is 4.24. The Labute approximate surface area is 177 Å². The van der Waals surface area contributed by atoms with Crippen LogP contribution in [0.5, 0.6) is 5.75 Å². The number of quaternary nitrogens is 1. The van der Waals surface area contributed by atoms with E-state index in [0.717, 1.165) is 24.1 Å². The molecule has 30 heavy (non-hydrogen) atoms. The van der Waals surface area contributed by atoms with Crippen LogP contribution in [0.25, 0.3) is 5.76 Å². The van der Waals surface area contributed by atoms with Crippen LogP contribution in [-0.2, 0) is 9.59 Å². The molecule has 6 heteroatoms. The van der Waals surface area contributed by atoms with Crippen molar-refractivity contribution in [3.63, 3.8) is 0 Å². The Balaban J connectivity index is 2.08. The number of hydrogen-bond donors (Lipinski definition) is 2. The number of ketones is 1. The highest BCUT2D eigenvalue weighted by Gasteiger charge is 2.45. The summed E-state index contributed by atoms with van der Waals surface area (Å²) in [4.78, 5) is 28.7. The van der Waals surface area contributed by atoms with Gasteiger partial charge >= 0.3 is 0 Å². The maximum absolute atomic E-state index is 13.0. The van der Waals surface area contributed by atoms with Crippen molar-refractivity contribution in [2.24, 2.45) is 0 Å². The lowest BCUT2D eigenvalue weighted by Crippen LogP contribution is -3.05. The molecule has 0 aliphatic carbocycles. The number of nitrogens with zero attached hydrogens (tertiary/aromatic N) is 1. The monoisotopic (exact) mass is 409 g/mol. The van der Waals surface area contributed by atoms with E-state index in [4.69, 9.17) is 4.74 Å². The van der Waals surface area contributed by atoms with Gasteiger partial charge in [0, 0.05) is 18.5 Å². The van der Waals surface area contributed by atoms with Crippen molar-refractivity contribution in [2.75, 3.05) is 34.3 Å². The molecule has 0 bridgehead atoms. The molecular formula is C24H29N2O4+. The quantitative estimate of drug-likeness (QED) is 0.417. The molecule has 1 amide bonds. The molecule has 0 aromatic heterocycles. The van der Waals surface area contributed by atoms with Gasteiger partial charge in [-0.25, -0.2) is 0 Å². The van der Waals surface area contributed by atoms with Gasteiger partial charge in [0.05, 0.1) is 39.4 Å². The molecule has 2 N–H and O–H groups in total. The lowest BCUT2D eigenvalue weighted by molar-refractivity contribution is -0.858. The molecule has 0 saturated carbocycles. The first kappa shape index (κ1) is 21.6. The first-order valence-electron chi connectivity index (χ1n) is 10.1. The first-order valence-corrected chi connectivity index (χ1v) is 10.1. The summed E-state index contributed by atoms with van der Waals surface area (Å²) in [5, 5.41) is 11.1. The van der Waals surface area contributed by atoms with Crippen LogP contribution in [-0.4, -0.2) is 56.0 Å². The van der Waals surface area contributed by atoms with E-state index < -0.39 is 17.7 Å². The number of carbonyl (C=O) groups is 2. The number of aliphatic hydroxyl groups is 1. The summed E-state index contributed by atoms with van der Waals surface area (Å²) in [6.07, 6.45) is 0.764. The van der Waals surface area contributed by atoms with Gasteiger partial charge in [-0.3, -0.25) is 9.59 Å². The molecule has 2 aromatic rings. The molecule has 158 valence electrons. The van der Waals surface area contributed by atoms with Crippen molar-refractivity contribution in [2.45, 2.75) is 19.4 Å². The normalized spacial score (nSPS) is 18.3. The number of aryl methyl sites for hydroxylation is 1. The van der Waals surface area contributed by atoms with E-state index in [1.165, 1.54) is 4.90 Å². The van der Waals surface area contributed by atoms with Crippen LogP contribution >= 0.6 is 0 Å². The van der Waals surface area contributed by atoms with Crippen molar-refractivity contribution in [3.8, 4) is 5.75 Å². The van der Waals surface area contributed by atoms with Crippen LogP contribution in [0.15, 0.2) is 54.1 Å². The highest BCUT2D eigenvalue weighted by Crippen LogP contribution is 2.39. The minimum atomic E-state index is -0.646. The molecule has 0 spiro atoms. The van der Waals surface area contributed by atoms with Crippen molar-refractivity contribution < 1.29 is 24.3 Å². The van der Waals surface area contributed by atoms with Crippen molar-refractivity contribution in [3.05, 3.63) is 70.8 Å². The van der Waals surface area contributed by atoms with E-state index in [0.29, 0.717) is 17.9 Å². The summed E-state index contributed by atoms with van der Waals surface area (Å²) in [5.74, 6) is -0.678. The summed E-state index contributed by atoms with van der Waals surface area (Å²) >= 11 is 0. The topological polar surface area (TPSA) is 71.3 Å². The molecule has 1 aliphatic rings. The second-order valence-electron chi connectivity index (χ2n) is 7.90. The average Bonchev–Trinajstić information content (AvgIpc) is 2.98. The number of nitrogens with one attached hydrogen (secondary N) is 1. The van der Waals surface area contributed by atoms with E-state index in [9.17, 15) is 14.7 Å². The molecule has 0 radical (unpaired) electrons. The molecular weight excluding hydrogens is 380 g/mol. The fourth-order valence-electron chi connectivity index (χ4n) is 3.88. The van der Waals surface area contributed by atoms with Crippen LogP contribution in [0, 0.1) is 6.92 Å². The summed E-state index contributed by atoms with van der Waals surface area (Å²) < 4.78 is 5.29. The Bertz CT molecular complexity index is 966. The van der Waals surface area contributed by atoms with Crippen molar-refractivity contribution >= 4 is 17.4 Å². The predicted octanol–water partition coefficient (Wildman–Crippen LogP) is 1.96. The van der Waals surface area contributed by atoms with Gasteiger partial charge in [0.1, 0.15) is 11.5 Å². The minimum Gasteiger partial charge on any atom is -0.507 e. The third-order valence-corrected chi connectivity index (χ3v) is 5.40. The van der Waals surface area contributed by atoms with Gasteiger partial charge in [-0.1, -0.05) is 30.3 Å². The average molecular weight is 410 g/mol. The zero-order valence-electron chi connectivity index (χ0n) is 17.9. The molecule has 2 aromatic carbocycles. The summed E-state index contributed by atoms with van der Waals surface area (Å²) in [6.45, 7) is 3.20. The number of hydrogen-bond acceptors (Lipinski definition) is 4. The van der Waals surface area contributed by atoms with Gasteiger partial charge in [-0.2, -0.15) is 0 Å². The molecule has 1 heterocycles. The van der Waals surface area contributed by atoms with E-state index in [2.05, 4.69) is 14.1 Å². The number of likely N-dealkylation sites (tertiary alicyclic amines) is 1. The van der Waals surface area contributed by atoms with Gasteiger partial charge in [0.25, 0.3) is 11.7 Å². The van der Waals surface area contributed by atoms with Gasteiger partial charge in [-0.15, -0.1) is 0 Å². The first-order chi connectivity index (χ1) is 14.3. The summed E-state index contributed by atoms with van der Waals surface area (Å²) in [6, 6.07) is 14.0. The van der Waals surface area contributed by atoms with Gasteiger partial charge in [0.2, 0.25) is 0 Å². The summed E-state index contributed by atoms with van der Waals surface area (Å²) in [7, 11) is 5.68. The Morgan fingerprint density at radius 3 is 2.43 bits per heavy atom. The number of rotatable bonds is 7. The second kappa shape index (κ2) is 9.13. The van der Waals surface area contributed by atoms with Crippen LogP contribution in [0.2, 0.25) is 0 Å². The minimum absolute atomic E-state index is 0.132. The molecule has 6 nitrogen and oxygen atoms in total. The largest absolute Gasteiger partial charge is 0.507 e. The van der Waals surface area contributed by atoms with Crippen LogP contribution in [0.1, 0.15) is 29.2 Å². The Morgan fingerprint density at radius 2 is 1.83 bits per heavy atom. The van der Waals surface area contributed by atoms with Crippen LogP contribution < -0.4 is 9.64 Å². The van der Waals surface area contributed by atoms with E-state index >= 15 is 0 Å². The highest BCUT2D eigenvalue weighted by atomic mass is 16.5. The van der Waals surface area contributed by atoms with Crippen LogP contribution in [0.3, 0.4) is 0 Å². The fourth-order valence-corrected chi connectivity index (χ4v) is 3.88. The maximum Gasteiger partial charge on any atom is 0.295 e. The van der Waals surface area contributed by atoms with Gasteiger partial charge in [0.15, 0.2) is 0 Å². The highest BCUT2D eigenvalue weighted by molar-refractivity contribution is 6.46. The van der Waals surface area contributed by atoms with Gasteiger partial charge in [-0.05, 0) is 36.2 Å². The molecule has 1 aliphatic heterocycles. The third-order valence-electron chi connectivity index (χ3n) is 5.40. The van der Waals surface area contributed by atoms with E-state index in [1.54, 1.807) is 30.2 Å². The van der Waals surface area contributed by atoms with Crippen LogP contribution in [0.4, 0.5) is 0 Å². The molecule has 0 unspecified atom stereocenters. The number of amides is 1. The second-order valence-corrected chi connectivity index (χ2v) is 7.90. The standard InChI is InChI=1S/C24H28N2O4/c1-16-15-18(11-12-19(16)30-4)22(27)20-21(17-9-6-5-7-10-17)26(24(29)23(20)28)14-8-13-25(2)3/h5-7,9-12,15,21,27H,8,13-14H2,1-4H3/p+1/t21-/m1/s1. The Hall–Kier alpha value is -3.12. The lowest BCUT2D eigenvalue weighted by atomic mass is 9.95. The number of Topliss-reactive ketones (excluding diaryl/α,β-unsaturated/α-hetero) is 1. The lowest BCUT2D eigenvalue weighted by Gasteiger charge is -2.25.